The molecule has 0 saturated carbocycles. The van der Waals surface area contributed by atoms with Crippen LogP contribution in [-0.2, 0) is 11.3 Å². The summed E-state index contributed by atoms with van der Waals surface area (Å²) >= 11 is 0. The second kappa shape index (κ2) is 8.78. The molecule has 0 saturated heterocycles. The summed E-state index contributed by atoms with van der Waals surface area (Å²) in [6.07, 6.45) is 2.95. The first kappa shape index (κ1) is 19.6. The van der Waals surface area contributed by atoms with Crippen LogP contribution < -0.4 is 15.5 Å². The second-order valence-corrected chi connectivity index (χ2v) is 7.26. The van der Waals surface area contributed by atoms with Crippen LogP contribution in [0.4, 0.5) is 17.2 Å². The third-order valence-corrected chi connectivity index (χ3v) is 5.14. The van der Waals surface area contributed by atoms with Crippen molar-refractivity contribution in [3.8, 4) is 0 Å². The van der Waals surface area contributed by atoms with Crippen LogP contribution in [0.1, 0.15) is 35.7 Å². The Morgan fingerprint density at radius 2 is 1.83 bits per heavy atom. The van der Waals surface area contributed by atoms with Crippen LogP contribution in [-0.4, -0.2) is 22.8 Å². The summed E-state index contributed by atoms with van der Waals surface area (Å²) in [6.45, 7) is 2.66. The predicted molar refractivity (Wildman–Crippen MR) is 119 cm³/mol. The maximum absolute atomic E-state index is 13.4. The van der Waals surface area contributed by atoms with Gasteiger partial charge in [-0.15, -0.1) is 0 Å². The minimum Gasteiger partial charge on any atom is -0.366 e. The molecule has 0 radical (unpaired) electrons. The average molecular weight is 400 g/mol. The van der Waals surface area contributed by atoms with Gasteiger partial charge in [-0.05, 0) is 36.2 Å². The molecule has 0 bridgehead atoms. The molecule has 1 atom stereocenters. The summed E-state index contributed by atoms with van der Waals surface area (Å²) in [5, 5.41) is 6.17. The number of anilines is 3. The van der Waals surface area contributed by atoms with Crippen LogP contribution in [0.25, 0.3) is 0 Å². The molecular weight excluding hydrogens is 376 g/mol. The second-order valence-electron chi connectivity index (χ2n) is 7.26. The van der Waals surface area contributed by atoms with Crippen LogP contribution in [0.2, 0.25) is 0 Å². The molecule has 0 fully saturated rings. The number of rotatable bonds is 6. The van der Waals surface area contributed by atoms with Crippen molar-refractivity contribution >= 4 is 29.0 Å². The van der Waals surface area contributed by atoms with Crippen LogP contribution in [0.3, 0.4) is 0 Å². The van der Waals surface area contributed by atoms with E-state index in [1.54, 1.807) is 23.2 Å². The highest BCUT2D eigenvalue weighted by Gasteiger charge is 2.36. The van der Waals surface area contributed by atoms with Gasteiger partial charge in [0.05, 0.1) is 16.9 Å². The molecule has 6 heteroatoms. The zero-order valence-electron chi connectivity index (χ0n) is 16.8. The van der Waals surface area contributed by atoms with Gasteiger partial charge in [0.2, 0.25) is 5.91 Å². The Hall–Kier alpha value is -3.67. The Morgan fingerprint density at radius 3 is 2.57 bits per heavy atom. The number of carbonyl (C=O) groups is 2. The Morgan fingerprint density at radius 1 is 1.07 bits per heavy atom. The monoisotopic (exact) mass is 400 g/mol. The van der Waals surface area contributed by atoms with E-state index in [2.05, 4.69) is 15.6 Å². The molecule has 1 unspecified atom stereocenters. The third kappa shape index (κ3) is 4.03. The zero-order valence-corrected chi connectivity index (χ0v) is 16.8. The smallest absolute Gasteiger partial charge is 0.260 e. The summed E-state index contributed by atoms with van der Waals surface area (Å²) in [6, 6.07) is 20.4. The van der Waals surface area contributed by atoms with Crippen molar-refractivity contribution in [2.45, 2.75) is 32.4 Å². The number of hydrogen-bond donors (Lipinski definition) is 2. The topological polar surface area (TPSA) is 74.3 Å². The minimum absolute atomic E-state index is 0.155. The Bertz CT molecular complexity index is 1030. The van der Waals surface area contributed by atoms with Crippen molar-refractivity contribution in [1.29, 1.82) is 0 Å². The van der Waals surface area contributed by atoms with Gasteiger partial charge in [-0.25, -0.2) is 4.98 Å². The highest BCUT2D eigenvalue weighted by Crippen LogP contribution is 2.34. The van der Waals surface area contributed by atoms with Crippen molar-refractivity contribution in [3.63, 3.8) is 0 Å². The van der Waals surface area contributed by atoms with E-state index in [-0.39, 0.29) is 11.8 Å². The zero-order chi connectivity index (χ0) is 20.9. The lowest BCUT2D eigenvalue weighted by Gasteiger charge is -2.36. The molecular formula is C24H24N4O2. The minimum atomic E-state index is -0.534. The van der Waals surface area contributed by atoms with Crippen molar-refractivity contribution in [2.24, 2.45) is 0 Å². The third-order valence-electron chi connectivity index (χ3n) is 5.14. The lowest BCUT2D eigenvalue weighted by Crippen LogP contribution is -2.51. The van der Waals surface area contributed by atoms with E-state index in [1.807, 2.05) is 61.5 Å². The van der Waals surface area contributed by atoms with E-state index >= 15 is 0 Å². The summed E-state index contributed by atoms with van der Waals surface area (Å²) in [7, 11) is 0. The van der Waals surface area contributed by atoms with Gasteiger partial charge in [0, 0.05) is 12.7 Å². The molecule has 2 heterocycles. The highest BCUT2D eigenvalue weighted by atomic mass is 16.2. The van der Waals surface area contributed by atoms with Crippen molar-refractivity contribution in [3.05, 3.63) is 84.1 Å². The summed E-state index contributed by atoms with van der Waals surface area (Å²) < 4.78 is 0. The van der Waals surface area contributed by atoms with Gasteiger partial charge in [0.1, 0.15) is 11.9 Å². The molecule has 30 heavy (non-hydrogen) atoms. The van der Waals surface area contributed by atoms with Gasteiger partial charge < -0.3 is 10.6 Å². The molecule has 3 aromatic rings. The fourth-order valence-electron chi connectivity index (χ4n) is 3.63. The maximum Gasteiger partial charge on any atom is 0.260 e. The lowest BCUT2D eigenvalue weighted by atomic mass is 10.0. The quantitative estimate of drug-likeness (QED) is 0.641. The van der Waals surface area contributed by atoms with Crippen LogP contribution >= 0.6 is 0 Å². The van der Waals surface area contributed by atoms with E-state index < -0.39 is 6.04 Å². The van der Waals surface area contributed by atoms with Crippen molar-refractivity contribution < 1.29 is 9.59 Å². The number of nitrogens with zero attached hydrogens (tertiary/aromatic N) is 2. The van der Waals surface area contributed by atoms with E-state index in [4.69, 9.17) is 0 Å². The molecule has 1 aliphatic rings. The Kier molecular flexibility index (Phi) is 5.75. The summed E-state index contributed by atoms with van der Waals surface area (Å²) in [5.74, 6) is 0.313. The fourth-order valence-corrected chi connectivity index (χ4v) is 3.63. The van der Waals surface area contributed by atoms with Crippen LogP contribution in [0.15, 0.2) is 72.9 Å². The number of para-hydroxylation sites is 2. The lowest BCUT2D eigenvalue weighted by molar-refractivity contribution is -0.117. The highest BCUT2D eigenvalue weighted by molar-refractivity contribution is 6.16. The van der Waals surface area contributed by atoms with Gasteiger partial charge in [-0.3, -0.25) is 14.5 Å². The van der Waals surface area contributed by atoms with E-state index in [0.29, 0.717) is 35.7 Å². The van der Waals surface area contributed by atoms with Gasteiger partial charge in [0.15, 0.2) is 0 Å². The van der Waals surface area contributed by atoms with Gasteiger partial charge in [-0.2, -0.15) is 0 Å². The number of nitrogens with one attached hydrogen (secondary N) is 2. The fraction of sp³-hybridized carbons (Fsp3) is 0.208. The Labute approximate surface area is 175 Å². The largest absolute Gasteiger partial charge is 0.366 e. The molecule has 2 aromatic carbocycles. The van der Waals surface area contributed by atoms with Gasteiger partial charge in [0.25, 0.3) is 5.91 Å². The molecule has 2 amide bonds. The van der Waals surface area contributed by atoms with Gasteiger partial charge >= 0.3 is 0 Å². The molecule has 152 valence electrons. The molecule has 1 aliphatic heterocycles. The SMILES string of the molecule is CCCC1C(=O)Nc2ccccc2N1C(=O)c1ccc(NCc2ccccc2)nc1. The van der Waals surface area contributed by atoms with Crippen LogP contribution in [0, 0.1) is 0 Å². The van der Waals surface area contributed by atoms with E-state index in [1.165, 1.54) is 0 Å². The summed E-state index contributed by atoms with van der Waals surface area (Å²) in [5.41, 5.74) is 2.97. The number of amides is 2. The van der Waals surface area contributed by atoms with Crippen molar-refractivity contribution in [1.82, 2.24) is 4.98 Å². The van der Waals surface area contributed by atoms with Crippen LogP contribution in [0.5, 0.6) is 0 Å². The first-order valence-corrected chi connectivity index (χ1v) is 10.1. The average Bonchev–Trinajstić information content (AvgIpc) is 2.79. The number of fused-ring (bicyclic) bond motifs is 1. The maximum atomic E-state index is 13.4. The van der Waals surface area contributed by atoms with Crippen molar-refractivity contribution in [2.75, 3.05) is 15.5 Å². The Balaban J connectivity index is 1.55. The molecule has 4 rings (SSSR count). The number of carbonyl (C=O) groups excluding carboxylic acids is 2. The summed E-state index contributed by atoms with van der Waals surface area (Å²) in [4.78, 5) is 32.0. The van der Waals surface area contributed by atoms with E-state index in [0.717, 1.165) is 12.0 Å². The molecule has 0 aliphatic carbocycles. The number of benzene rings is 2. The molecule has 2 N–H and O–H groups in total. The number of pyridine rings is 1. The molecule has 1 aromatic heterocycles. The first-order valence-electron chi connectivity index (χ1n) is 10.1. The predicted octanol–water partition coefficient (Wildman–Crippen LogP) is 4.46. The van der Waals surface area contributed by atoms with E-state index in [9.17, 15) is 9.59 Å². The molecule has 6 nitrogen and oxygen atoms in total. The van der Waals surface area contributed by atoms with Gasteiger partial charge in [-0.1, -0.05) is 55.8 Å². The normalized spacial score (nSPS) is 15.3. The number of aromatic nitrogens is 1. The molecule has 0 spiro atoms. The first-order chi connectivity index (χ1) is 14.7. The standard InChI is InChI=1S/C24H24N4O2/c1-2-8-21-23(29)27-19-11-6-7-12-20(19)28(21)24(30)18-13-14-22(26-16-18)25-15-17-9-4-3-5-10-17/h3-7,9-14,16,21H,2,8,15H2,1H3,(H,25,26)(H,27,29). The number of hydrogen-bond acceptors (Lipinski definition) is 4.